The van der Waals surface area contributed by atoms with E-state index in [1.807, 2.05) is 37.3 Å². The van der Waals surface area contributed by atoms with Gasteiger partial charge in [0.2, 0.25) is 5.91 Å². The molecule has 0 saturated heterocycles. The van der Waals surface area contributed by atoms with Gasteiger partial charge in [-0.25, -0.2) is 4.98 Å². The van der Waals surface area contributed by atoms with E-state index >= 15 is 0 Å². The SMILES string of the molecule is CCc1csc(C(C)NC(=O)Cc2ccccc2)n1. The van der Waals surface area contributed by atoms with Gasteiger partial charge in [-0.2, -0.15) is 0 Å². The predicted octanol–water partition coefficient (Wildman–Crippen LogP) is 3.13. The van der Waals surface area contributed by atoms with Crippen LogP contribution in [0.4, 0.5) is 0 Å². The second-order valence-electron chi connectivity index (χ2n) is 4.48. The van der Waals surface area contributed by atoms with Crippen LogP contribution in [0.15, 0.2) is 35.7 Å². The molecule has 1 atom stereocenters. The van der Waals surface area contributed by atoms with Crippen molar-refractivity contribution < 1.29 is 4.79 Å². The van der Waals surface area contributed by atoms with Crippen LogP contribution in [-0.4, -0.2) is 10.9 Å². The van der Waals surface area contributed by atoms with Crippen LogP contribution in [-0.2, 0) is 17.6 Å². The highest BCUT2D eigenvalue weighted by Gasteiger charge is 2.13. The number of nitrogens with one attached hydrogen (secondary N) is 1. The number of nitrogens with zero attached hydrogens (tertiary/aromatic N) is 1. The molecule has 1 amide bonds. The monoisotopic (exact) mass is 274 g/mol. The summed E-state index contributed by atoms with van der Waals surface area (Å²) in [5, 5.41) is 6.01. The molecule has 0 fully saturated rings. The highest BCUT2D eigenvalue weighted by Crippen LogP contribution is 2.18. The highest BCUT2D eigenvalue weighted by atomic mass is 32.1. The maximum atomic E-state index is 11.9. The van der Waals surface area contributed by atoms with Gasteiger partial charge >= 0.3 is 0 Å². The van der Waals surface area contributed by atoms with Crippen molar-refractivity contribution in [2.45, 2.75) is 32.7 Å². The van der Waals surface area contributed by atoms with Crippen LogP contribution in [0.25, 0.3) is 0 Å². The Morgan fingerprint density at radius 1 is 1.37 bits per heavy atom. The first-order valence-corrected chi connectivity index (χ1v) is 7.34. The maximum Gasteiger partial charge on any atom is 0.224 e. The van der Waals surface area contributed by atoms with E-state index in [2.05, 4.69) is 22.6 Å². The molecule has 100 valence electrons. The lowest BCUT2D eigenvalue weighted by molar-refractivity contribution is -0.121. The van der Waals surface area contributed by atoms with Crippen molar-refractivity contribution in [1.82, 2.24) is 10.3 Å². The zero-order valence-electron chi connectivity index (χ0n) is 11.2. The zero-order valence-corrected chi connectivity index (χ0v) is 12.0. The summed E-state index contributed by atoms with van der Waals surface area (Å²) in [6.07, 6.45) is 1.35. The van der Waals surface area contributed by atoms with Gasteiger partial charge in [0, 0.05) is 5.38 Å². The number of benzene rings is 1. The summed E-state index contributed by atoms with van der Waals surface area (Å²) >= 11 is 1.60. The predicted molar refractivity (Wildman–Crippen MR) is 78.2 cm³/mol. The normalized spacial score (nSPS) is 12.1. The van der Waals surface area contributed by atoms with Crippen LogP contribution in [0.3, 0.4) is 0 Å². The molecule has 0 spiro atoms. The summed E-state index contributed by atoms with van der Waals surface area (Å²) in [5.74, 6) is 0.0342. The van der Waals surface area contributed by atoms with E-state index in [1.54, 1.807) is 11.3 Å². The first-order chi connectivity index (χ1) is 9.19. The zero-order chi connectivity index (χ0) is 13.7. The second kappa shape index (κ2) is 6.48. The molecule has 1 aromatic heterocycles. The fourth-order valence-corrected chi connectivity index (χ4v) is 2.73. The summed E-state index contributed by atoms with van der Waals surface area (Å²) in [5.41, 5.74) is 2.12. The minimum absolute atomic E-state index is 0.0264. The Morgan fingerprint density at radius 2 is 2.11 bits per heavy atom. The van der Waals surface area contributed by atoms with Crippen molar-refractivity contribution in [3.05, 3.63) is 52.0 Å². The quantitative estimate of drug-likeness (QED) is 0.910. The van der Waals surface area contributed by atoms with Crippen molar-refractivity contribution >= 4 is 17.2 Å². The van der Waals surface area contributed by atoms with Crippen LogP contribution in [0, 0.1) is 0 Å². The Balaban J connectivity index is 1.91. The van der Waals surface area contributed by atoms with E-state index < -0.39 is 0 Å². The molecule has 4 heteroatoms. The van der Waals surface area contributed by atoms with Gasteiger partial charge in [-0.3, -0.25) is 4.79 Å². The number of hydrogen-bond acceptors (Lipinski definition) is 3. The van der Waals surface area contributed by atoms with Gasteiger partial charge in [0.25, 0.3) is 0 Å². The summed E-state index contributed by atoms with van der Waals surface area (Å²) in [4.78, 5) is 16.4. The first-order valence-electron chi connectivity index (χ1n) is 6.46. The number of thiazole rings is 1. The topological polar surface area (TPSA) is 42.0 Å². The van der Waals surface area contributed by atoms with Crippen molar-refractivity contribution in [2.24, 2.45) is 0 Å². The minimum atomic E-state index is -0.0264. The van der Waals surface area contributed by atoms with E-state index in [0.29, 0.717) is 6.42 Å². The number of aromatic nitrogens is 1. The molecular formula is C15H18N2OS. The van der Waals surface area contributed by atoms with Gasteiger partial charge in [0.05, 0.1) is 18.2 Å². The standard InChI is InChI=1S/C15H18N2OS/c1-3-13-10-19-15(17-13)11(2)16-14(18)9-12-7-5-4-6-8-12/h4-8,10-11H,3,9H2,1-2H3,(H,16,18). The molecule has 0 aliphatic rings. The van der Waals surface area contributed by atoms with Crippen LogP contribution in [0.1, 0.15) is 36.2 Å². The van der Waals surface area contributed by atoms with Crippen molar-refractivity contribution in [3.63, 3.8) is 0 Å². The van der Waals surface area contributed by atoms with Gasteiger partial charge < -0.3 is 5.32 Å². The van der Waals surface area contributed by atoms with E-state index in [0.717, 1.165) is 22.7 Å². The molecule has 0 bridgehead atoms. The van der Waals surface area contributed by atoms with Gasteiger partial charge in [-0.15, -0.1) is 11.3 Å². The average Bonchev–Trinajstić information content (AvgIpc) is 2.88. The lowest BCUT2D eigenvalue weighted by Crippen LogP contribution is -2.28. The molecule has 1 unspecified atom stereocenters. The summed E-state index contributed by atoms with van der Waals surface area (Å²) in [6.45, 7) is 4.05. The molecule has 0 aliphatic heterocycles. The highest BCUT2D eigenvalue weighted by molar-refractivity contribution is 7.09. The van der Waals surface area contributed by atoms with Gasteiger partial charge in [0.15, 0.2) is 0 Å². The third kappa shape index (κ3) is 3.89. The minimum Gasteiger partial charge on any atom is -0.347 e. The van der Waals surface area contributed by atoms with Crippen LogP contribution in [0.2, 0.25) is 0 Å². The van der Waals surface area contributed by atoms with Crippen molar-refractivity contribution in [3.8, 4) is 0 Å². The Morgan fingerprint density at radius 3 is 2.74 bits per heavy atom. The van der Waals surface area contributed by atoms with Crippen LogP contribution < -0.4 is 5.32 Å². The van der Waals surface area contributed by atoms with Gasteiger partial charge in [-0.05, 0) is 18.9 Å². The van der Waals surface area contributed by atoms with Crippen LogP contribution >= 0.6 is 11.3 Å². The smallest absolute Gasteiger partial charge is 0.224 e. The number of carbonyl (C=O) groups excluding carboxylic acids is 1. The van der Waals surface area contributed by atoms with Gasteiger partial charge in [-0.1, -0.05) is 37.3 Å². The Hall–Kier alpha value is -1.68. The lowest BCUT2D eigenvalue weighted by atomic mass is 10.1. The number of rotatable bonds is 5. The fourth-order valence-electron chi connectivity index (χ4n) is 1.82. The van der Waals surface area contributed by atoms with Crippen molar-refractivity contribution in [2.75, 3.05) is 0 Å². The third-order valence-electron chi connectivity index (χ3n) is 2.89. The average molecular weight is 274 g/mol. The second-order valence-corrected chi connectivity index (χ2v) is 5.37. The Labute approximate surface area is 117 Å². The van der Waals surface area contributed by atoms with E-state index in [4.69, 9.17) is 0 Å². The van der Waals surface area contributed by atoms with E-state index in [9.17, 15) is 4.79 Å². The summed E-state index contributed by atoms with van der Waals surface area (Å²) in [7, 11) is 0. The maximum absolute atomic E-state index is 11.9. The number of carbonyl (C=O) groups is 1. The summed E-state index contributed by atoms with van der Waals surface area (Å²) in [6, 6.07) is 9.74. The number of aryl methyl sites for hydroxylation is 1. The lowest BCUT2D eigenvalue weighted by Gasteiger charge is -2.11. The molecule has 1 N–H and O–H groups in total. The molecular weight excluding hydrogens is 256 g/mol. The molecule has 2 rings (SSSR count). The van der Waals surface area contributed by atoms with Crippen molar-refractivity contribution in [1.29, 1.82) is 0 Å². The fraction of sp³-hybridized carbons (Fsp3) is 0.333. The first kappa shape index (κ1) is 13.7. The van der Waals surface area contributed by atoms with E-state index in [-0.39, 0.29) is 11.9 Å². The molecule has 0 saturated carbocycles. The van der Waals surface area contributed by atoms with E-state index in [1.165, 1.54) is 0 Å². The Bertz CT molecular complexity index is 536. The molecule has 0 radical (unpaired) electrons. The largest absolute Gasteiger partial charge is 0.347 e. The number of amides is 1. The van der Waals surface area contributed by atoms with Crippen LogP contribution in [0.5, 0.6) is 0 Å². The third-order valence-corrected chi connectivity index (χ3v) is 3.96. The van der Waals surface area contributed by atoms with Gasteiger partial charge in [0.1, 0.15) is 5.01 Å². The number of hydrogen-bond donors (Lipinski definition) is 1. The summed E-state index contributed by atoms with van der Waals surface area (Å²) < 4.78 is 0. The molecule has 0 aliphatic carbocycles. The molecule has 1 aromatic carbocycles. The molecule has 1 heterocycles. The molecule has 3 nitrogen and oxygen atoms in total. The molecule has 2 aromatic rings. The molecule has 19 heavy (non-hydrogen) atoms. The Kier molecular flexibility index (Phi) is 4.68.